The molecule has 0 N–H and O–H groups in total. The molecule has 6 nitrogen and oxygen atoms in total. The van der Waals surface area contributed by atoms with E-state index in [1.165, 1.54) is 11.1 Å². The maximum atomic E-state index is 12.4. The molecule has 0 fully saturated rings. The van der Waals surface area contributed by atoms with Crippen LogP contribution in [0.15, 0.2) is 128 Å². The van der Waals surface area contributed by atoms with Gasteiger partial charge < -0.3 is 18.9 Å². The molecule has 2 aromatic carbocycles. The van der Waals surface area contributed by atoms with E-state index in [0.29, 0.717) is 31.1 Å². The van der Waals surface area contributed by atoms with E-state index in [-0.39, 0.29) is 12.2 Å². The Bertz CT molecular complexity index is 1320. The predicted molar refractivity (Wildman–Crippen MR) is 190 cm³/mol. The van der Waals surface area contributed by atoms with Crippen molar-refractivity contribution in [3.8, 4) is 5.75 Å². The third-order valence-corrected chi connectivity index (χ3v) is 7.11. The van der Waals surface area contributed by atoms with E-state index in [0.717, 1.165) is 31.6 Å². The molecule has 46 heavy (non-hydrogen) atoms. The van der Waals surface area contributed by atoms with E-state index < -0.39 is 11.6 Å². The summed E-state index contributed by atoms with van der Waals surface area (Å²) in [7, 11) is 0. The fraction of sp³-hybridized carbons (Fsp3) is 0.375. The summed E-state index contributed by atoms with van der Waals surface area (Å²) in [5.41, 5.74) is 2.83. The second-order valence-corrected chi connectivity index (χ2v) is 12.2. The van der Waals surface area contributed by atoms with Crippen LogP contribution in [0.4, 0.5) is 0 Å². The molecule has 0 unspecified atom stereocenters. The smallest absolute Gasteiger partial charge is 0.338 e. The number of ether oxygens (including phenoxy) is 4. The Morgan fingerprint density at radius 1 is 0.848 bits per heavy atom. The summed E-state index contributed by atoms with van der Waals surface area (Å²) in [6, 6.07) is 17.4. The van der Waals surface area contributed by atoms with Gasteiger partial charge in [0.2, 0.25) is 0 Å². The van der Waals surface area contributed by atoms with Crippen molar-refractivity contribution in [2.24, 2.45) is 0 Å². The van der Waals surface area contributed by atoms with E-state index in [1.807, 2.05) is 32.9 Å². The van der Waals surface area contributed by atoms with Crippen molar-refractivity contribution in [1.29, 1.82) is 0 Å². The van der Waals surface area contributed by atoms with Crippen molar-refractivity contribution in [1.82, 2.24) is 4.90 Å². The van der Waals surface area contributed by atoms with Crippen LogP contribution in [0, 0.1) is 0 Å². The number of allylic oxidation sites excluding steroid dienone is 5. The summed E-state index contributed by atoms with van der Waals surface area (Å²) in [6.07, 6.45) is 13.8. The number of hydrogen-bond acceptors (Lipinski definition) is 6. The Kier molecular flexibility index (Phi) is 16.8. The van der Waals surface area contributed by atoms with E-state index in [2.05, 4.69) is 81.0 Å². The Hall–Kier alpha value is -3.97. The second-order valence-electron chi connectivity index (χ2n) is 12.2. The number of rotatable bonds is 22. The molecule has 6 heteroatoms. The zero-order chi connectivity index (χ0) is 33.8. The lowest BCUT2D eigenvalue weighted by molar-refractivity contribution is -0.0862. The summed E-state index contributed by atoms with van der Waals surface area (Å²) in [4.78, 5) is 14.8. The largest absolute Gasteiger partial charge is 0.491 e. The zero-order valence-electron chi connectivity index (χ0n) is 28.5. The van der Waals surface area contributed by atoms with E-state index >= 15 is 0 Å². The molecule has 2 rings (SSSR count). The first kappa shape index (κ1) is 38.2. The van der Waals surface area contributed by atoms with Crippen LogP contribution < -0.4 is 4.74 Å². The van der Waals surface area contributed by atoms with Crippen molar-refractivity contribution < 1.29 is 23.7 Å². The van der Waals surface area contributed by atoms with Crippen LogP contribution >= 0.6 is 0 Å². The molecule has 0 saturated carbocycles. The Morgan fingerprint density at radius 2 is 1.50 bits per heavy atom. The molecule has 0 spiro atoms. The Morgan fingerprint density at radius 3 is 2.13 bits per heavy atom. The molecule has 0 aliphatic carbocycles. The molecule has 2 aromatic rings. The predicted octanol–water partition coefficient (Wildman–Crippen LogP) is 8.69. The SMILES string of the molecule is C=C/C=C(\C=C)COC(=O)c1ccc(OCC(C)(C)OCCC(C)(C)OCCN(CC(/C=C\C)=C/C=C)Cc2ccccc2)cc1. The molecule has 0 saturated heterocycles. The number of nitrogens with zero attached hydrogens (tertiary/aromatic N) is 1. The molecule has 0 aromatic heterocycles. The highest BCUT2D eigenvalue weighted by atomic mass is 16.5. The normalized spacial score (nSPS) is 12.7. The van der Waals surface area contributed by atoms with Gasteiger partial charge in [-0.1, -0.05) is 92.6 Å². The van der Waals surface area contributed by atoms with Crippen molar-refractivity contribution in [2.75, 3.05) is 39.5 Å². The van der Waals surface area contributed by atoms with Crippen LogP contribution in [0.2, 0.25) is 0 Å². The van der Waals surface area contributed by atoms with Crippen molar-refractivity contribution in [3.63, 3.8) is 0 Å². The molecule has 248 valence electrons. The van der Waals surface area contributed by atoms with Crippen LogP contribution in [-0.2, 0) is 20.8 Å². The summed E-state index contributed by atoms with van der Waals surface area (Å²) in [5.74, 6) is 0.236. The van der Waals surface area contributed by atoms with Gasteiger partial charge in [0, 0.05) is 19.6 Å². The summed E-state index contributed by atoms with van der Waals surface area (Å²) >= 11 is 0. The average molecular weight is 628 g/mol. The van der Waals surface area contributed by atoms with Crippen LogP contribution in [0.1, 0.15) is 57.0 Å². The van der Waals surface area contributed by atoms with Gasteiger partial charge in [-0.15, -0.1) is 0 Å². The van der Waals surface area contributed by atoms with Crippen LogP contribution in [0.3, 0.4) is 0 Å². The van der Waals surface area contributed by atoms with Crippen LogP contribution in [-0.4, -0.2) is 61.6 Å². The highest BCUT2D eigenvalue weighted by molar-refractivity contribution is 5.89. The lowest BCUT2D eigenvalue weighted by Crippen LogP contribution is -2.36. The molecule has 0 bridgehead atoms. The first-order valence-electron chi connectivity index (χ1n) is 15.8. The van der Waals surface area contributed by atoms with Gasteiger partial charge >= 0.3 is 5.97 Å². The van der Waals surface area contributed by atoms with Crippen LogP contribution in [0.5, 0.6) is 5.75 Å². The minimum atomic E-state index is -0.514. The number of benzene rings is 2. The van der Waals surface area contributed by atoms with Crippen molar-refractivity contribution in [3.05, 3.63) is 139 Å². The average Bonchev–Trinajstić information content (AvgIpc) is 3.02. The molecule has 0 aliphatic rings. The van der Waals surface area contributed by atoms with Gasteiger partial charge in [-0.2, -0.15) is 0 Å². The minimum absolute atomic E-state index is 0.137. The standard InChI is InChI=1S/C40H53NO5/c1-9-16-33(12-4)31-43-38(42)36-21-23-37(24-22-36)44-32-40(7,8)45-27-25-39(5,6)46-28-26-41(29-34(17-10-2)18-11-3)30-35-19-14-13-15-20-35/h9-24H,1-2,4,25-32H2,3,5-8H3/b18-11-,33-16+,34-17+. The quantitative estimate of drug-likeness (QED) is 0.0962. The highest BCUT2D eigenvalue weighted by Crippen LogP contribution is 2.20. The van der Waals surface area contributed by atoms with Gasteiger partial charge in [0.05, 0.1) is 30.0 Å². The van der Waals surface area contributed by atoms with Gasteiger partial charge in [0.25, 0.3) is 0 Å². The number of carbonyl (C=O) groups excluding carboxylic acids is 1. The van der Waals surface area contributed by atoms with Crippen LogP contribution in [0.25, 0.3) is 0 Å². The van der Waals surface area contributed by atoms with Gasteiger partial charge in [-0.05, 0) is 82.0 Å². The first-order chi connectivity index (χ1) is 22.0. The maximum Gasteiger partial charge on any atom is 0.338 e. The maximum absolute atomic E-state index is 12.4. The molecule has 0 atom stereocenters. The van der Waals surface area contributed by atoms with Gasteiger partial charge in [-0.25, -0.2) is 4.79 Å². The van der Waals surface area contributed by atoms with Gasteiger partial charge in [0.1, 0.15) is 19.0 Å². The third-order valence-electron chi connectivity index (χ3n) is 7.11. The van der Waals surface area contributed by atoms with E-state index in [4.69, 9.17) is 18.9 Å². The second kappa shape index (κ2) is 20.2. The molecular weight excluding hydrogens is 574 g/mol. The molecule has 0 heterocycles. The molecule has 0 amide bonds. The van der Waals surface area contributed by atoms with E-state index in [9.17, 15) is 4.79 Å². The first-order valence-corrected chi connectivity index (χ1v) is 15.8. The van der Waals surface area contributed by atoms with E-state index in [1.54, 1.807) is 42.5 Å². The van der Waals surface area contributed by atoms with Crippen molar-refractivity contribution in [2.45, 2.75) is 58.8 Å². The fourth-order valence-electron chi connectivity index (χ4n) is 4.48. The summed E-state index contributed by atoms with van der Waals surface area (Å²) in [5, 5.41) is 0. The third kappa shape index (κ3) is 15.3. The number of esters is 1. The molecule has 0 aliphatic heterocycles. The Labute approximate surface area is 277 Å². The topological polar surface area (TPSA) is 57.2 Å². The summed E-state index contributed by atoms with van der Waals surface area (Å²) < 4.78 is 23.9. The summed E-state index contributed by atoms with van der Waals surface area (Å²) in [6.45, 7) is 25.5. The molecular formula is C40H53NO5. The minimum Gasteiger partial charge on any atom is -0.491 e. The Balaban J connectivity index is 1.81. The lowest BCUT2D eigenvalue weighted by atomic mass is 10.1. The van der Waals surface area contributed by atoms with Crippen molar-refractivity contribution >= 4 is 5.97 Å². The monoisotopic (exact) mass is 627 g/mol. The highest BCUT2D eigenvalue weighted by Gasteiger charge is 2.24. The zero-order valence-corrected chi connectivity index (χ0v) is 28.5. The fourth-order valence-corrected chi connectivity index (χ4v) is 4.48. The lowest BCUT2D eigenvalue weighted by Gasteiger charge is -2.31. The number of carbonyl (C=O) groups is 1. The molecule has 0 radical (unpaired) electrons. The number of hydrogen-bond donors (Lipinski definition) is 0. The van der Waals surface area contributed by atoms with Gasteiger partial charge in [-0.3, -0.25) is 4.90 Å². The van der Waals surface area contributed by atoms with Gasteiger partial charge in [0.15, 0.2) is 0 Å².